The summed E-state index contributed by atoms with van der Waals surface area (Å²) >= 11 is 6.03. The van der Waals surface area contributed by atoms with Crippen LogP contribution in [0, 0.1) is 0 Å². The molecule has 2 N–H and O–H groups in total. The average molecular weight is 272 g/mol. The molecule has 18 heavy (non-hydrogen) atoms. The molecule has 100 valence electrons. The largest absolute Gasteiger partial charge is 0.492 e. The maximum Gasteiger partial charge on any atom is 0.219 e. The lowest BCUT2D eigenvalue weighted by Gasteiger charge is -2.10. The zero-order valence-corrected chi connectivity index (χ0v) is 11.3. The Labute approximate surface area is 112 Å². The first-order chi connectivity index (χ1) is 8.54. The summed E-state index contributed by atoms with van der Waals surface area (Å²) in [5, 5.41) is 12.4. The third-order valence-electron chi connectivity index (χ3n) is 2.52. The van der Waals surface area contributed by atoms with Crippen LogP contribution in [0.1, 0.15) is 31.4 Å². The van der Waals surface area contributed by atoms with E-state index in [4.69, 9.17) is 16.3 Å². The molecular formula is C13H18ClNO3. The van der Waals surface area contributed by atoms with Crippen molar-refractivity contribution in [3.05, 3.63) is 28.8 Å². The van der Waals surface area contributed by atoms with Gasteiger partial charge in [-0.25, -0.2) is 0 Å². The van der Waals surface area contributed by atoms with Gasteiger partial charge in [-0.15, -0.1) is 0 Å². The van der Waals surface area contributed by atoms with Crippen molar-refractivity contribution in [2.24, 2.45) is 0 Å². The minimum absolute atomic E-state index is 0.00542. The van der Waals surface area contributed by atoms with Crippen molar-refractivity contribution >= 4 is 17.5 Å². The van der Waals surface area contributed by atoms with Crippen LogP contribution in [0.3, 0.4) is 0 Å². The van der Waals surface area contributed by atoms with E-state index in [0.717, 1.165) is 5.56 Å². The molecule has 4 nitrogen and oxygen atoms in total. The second kappa shape index (κ2) is 7.24. The first-order valence-electron chi connectivity index (χ1n) is 5.85. The Kier molecular flexibility index (Phi) is 5.95. The van der Waals surface area contributed by atoms with E-state index in [1.54, 1.807) is 32.2 Å². The molecule has 5 heteroatoms. The highest BCUT2D eigenvalue weighted by Crippen LogP contribution is 2.27. The van der Waals surface area contributed by atoms with Gasteiger partial charge >= 0.3 is 0 Å². The summed E-state index contributed by atoms with van der Waals surface area (Å²) in [4.78, 5) is 11.0. The molecule has 1 rings (SSSR count). The summed E-state index contributed by atoms with van der Waals surface area (Å²) in [5.74, 6) is 0.562. The molecule has 0 bridgehead atoms. The van der Waals surface area contributed by atoms with Crippen LogP contribution in [0.25, 0.3) is 0 Å². The fourth-order valence-corrected chi connectivity index (χ4v) is 1.68. The van der Waals surface area contributed by atoms with Crippen LogP contribution in [0.5, 0.6) is 5.75 Å². The number of amides is 1. The summed E-state index contributed by atoms with van der Waals surface area (Å²) < 4.78 is 5.47. The Morgan fingerprint density at radius 2 is 2.28 bits per heavy atom. The number of carbonyl (C=O) groups excluding carboxylic acids is 1. The van der Waals surface area contributed by atoms with E-state index in [-0.39, 0.29) is 5.91 Å². The Hall–Kier alpha value is -1.26. The van der Waals surface area contributed by atoms with Gasteiger partial charge in [-0.2, -0.15) is 0 Å². The van der Waals surface area contributed by atoms with Gasteiger partial charge in [0.2, 0.25) is 5.91 Å². The molecule has 0 aliphatic heterocycles. The highest BCUT2D eigenvalue weighted by Gasteiger charge is 2.06. The third kappa shape index (κ3) is 4.55. The van der Waals surface area contributed by atoms with E-state index < -0.39 is 6.10 Å². The zero-order valence-electron chi connectivity index (χ0n) is 10.6. The summed E-state index contributed by atoms with van der Waals surface area (Å²) in [7, 11) is 1.61. The lowest BCUT2D eigenvalue weighted by atomic mass is 10.1. The van der Waals surface area contributed by atoms with E-state index in [9.17, 15) is 9.90 Å². The molecule has 1 amide bonds. The predicted molar refractivity (Wildman–Crippen MR) is 70.9 cm³/mol. The van der Waals surface area contributed by atoms with Crippen LogP contribution < -0.4 is 10.1 Å². The number of halogens is 1. The summed E-state index contributed by atoms with van der Waals surface area (Å²) in [5.41, 5.74) is 0.748. The number of aliphatic hydroxyl groups excluding tert-OH is 1. The molecule has 1 aromatic rings. The van der Waals surface area contributed by atoms with Crippen molar-refractivity contribution in [3.8, 4) is 5.75 Å². The summed E-state index contributed by atoms with van der Waals surface area (Å²) in [6.07, 6.45) is 0.512. The lowest BCUT2D eigenvalue weighted by Crippen LogP contribution is -2.18. The molecule has 1 aromatic carbocycles. The molecule has 0 aliphatic rings. The molecule has 0 saturated carbocycles. The van der Waals surface area contributed by atoms with Crippen LogP contribution in [-0.4, -0.2) is 24.7 Å². The monoisotopic (exact) mass is 271 g/mol. The van der Waals surface area contributed by atoms with E-state index in [1.165, 1.54) is 0 Å². The Bertz CT molecular complexity index is 407. The highest BCUT2D eigenvalue weighted by molar-refractivity contribution is 6.32. The summed E-state index contributed by atoms with van der Waals surface area (Å²) in [6, 6.07) is 5.18. The van der Waals surface area contributed by atoms with Gasteiger partial charge in [-0.05, 0) is 31.0 Å². The molecular weight excluding hydrogens is 254 g/mol. The van der Waals surface area contributed by atoms with Gasteiger partial charge in [0.05, 0.1) is 17.7 Å². The number of ether oxygens (including phenoxy) is 1. The third-order valence-corrected chi connectivity index (χ3v) is 2.82. The van der Waals surface area contributed by atoms with Crippen LogP contribution >= 0.6 is 11.6 Å². The second-order valence-corrected chi connectivity index (χ2v) is 4.40. The second-order valence-electron chi connectivity index (χ2n) is 3.99. The first kappa shape index (κ1) is 14.8. The number of hydrogen-bond acceptors (Lipinski definition) is 3. The molecule has 0 heterocycles. The number of carbonyl (C=O) groups is 1. The molecule has 0 fully saturated rings. The molecule has 0 unspecified atom stereocenters. The Morgan fingerprint density at radius 3 is 2.83 bits per heavy atom. The van der Waals surface area contributed by atoms with Gasteiger partial charge in [0, 0.05) is 13.5 Å². The van der Waals surface area contributed by atoms with E-state index in [1.807, 2.05) is 0 Å². The standard InChI is InChI=1S/C13H18ClNO3/c1-9(16)10-5-6-12(11(14)8-10)18-7-3-4-13(17)15-2/h5-6,8-9,16H,3-4,7H2,1-2H3,(H,15,17)/t9-/m1/s1. The smallest absolute Gasteiger partial charge is 0.219 e. The number of hydrogen-bond donors (Lipinski definition) is 2. The number of benzene rings is 1. The number of nitrogens with one attached hydrogen (secondary N) is 1. The SMILES string of the molecule is CNC(=O)CCCOc1ccc([C@@H](C)O)cc1Cl. The topological polar surface area (TPSA) is 58.6 Å². The molecule has 1 atom stereocenters. The molecule has 0 saturated heterocycles. The highest BCUT2D eigenvalue weighted by atomic mass is 35.5. The first-order valence-corrected chi connectivity index (χ1v) is 6.23. The van der Waals surface area contributed by atoms with Crippen LogP contribution in [-0.2, 0) is 4.79 Å². The molecule has 0 radical (unpaired) electrons. The van der Waals surface area contributed by atoms with Crippen molar-refractivity contribution in [2.75, 3.05) is 13.7 Å². The minimum Gasteiger partial charge on any atom is -0.492 e. The normalized spacial score (nSPS) is 12.0. The van der Waals surface area contributed by atoms with Crippen LogP contribution in [0.2, 0.25) is 5.02 Å². The average Bonchev–Trinajstić information content (AvgIpc) is 2.35. The molecule has 0 aromatic heterocycles. The van der Waals surface area contributed by atoms with E-state index in [2.05, 4.69) is 5.32 Å². The quantitative estimate of drug-likeness (QED) is 0.781. The van der Waals surface area contributed by atoms with E-state index in [0.29, 0.717) is 30.2 Å². The van der Waals surface area contributed by atoms with E-state index >= 15 is 0 Å². The van der Waals surface area contributed by atoms with Gasteiger partial charge in [0.25, 0.3) is 0 Å². The van der Waals surface area contributed by atoms with Gasteiger partial charge in [-0.1, -0.05) is 17.7 Å². The lowest BCUT2D eigenvalue weighted by molar-refractivity contribution is -0.120. The Morgan fingerprint density at radius 1 is 1.56 bits per heavy atom. The van der Waals surface area contributed by atoms with Crippen molar-refractivity contribution in [1.29, 1.82) is 0 Å². The maximum absolute atomic E-state index is 11.0. The van der Waals surface area contributed by atoms with Gasteiger partial charge in [-0.3, -0.25) is 4.79 Å². The van der Waals surface area contributed by atoms with Crippen molar-refractivity contribution in [1.82, 2.24) is 5.32 Å². The molecule has 0 aliphatic carbocycles. The van der Waals surface area contributed by atoms with Crippen molar-refractivity contribution in [2.45, 2.75) is 25.9 Å². The minimum atomic E-state index is -0.551. The fraction of sp³-hybridized carbons (Fsp3) is 0.462. The Balaban J connectivity index is 2.45. The van der Waals surface area contributed by atoms with Crippen LogP contribution in [0.4, 0.5) is 0 Å². The van der Waals surface area contributed by atoms with Crippen molar-refractivity contribution in [3.63, 3.8) is 0 Å². The van der Waals surface area contributed by atoms with Crippen LogP contribution in [0.15, 0.2) is 18.2 Å². The van der Waals surface area contributed by atoms with Gasteiger partial charge in [0.1, 0.15) is 5.75 Å². The van der Waals surface area contributed by atoms with Crippen molar-refractivity contribution < 1.29 is 14.6 Å². The summed E-state index contributed by atoms with van der Waals surface area (Å²) in [6.45, 7) is 2.11. The maximum atomic E-state index is 11.0. The van der Waals surface area contributed by atoms with Gasteiger partial charge in [0.15, 0.2) is 0 Å². The molecule has 0 spiro atoms. The number of aliphatic hydroxyl groups is 1. The fourth-order valence-electron chi connectivity index (χ4n) is 1.43. The van der Waals surface area contributed by atoms with Gasteiger partial charge < -0.3 is 15.2 Å². The predicted octanol–water partition coefficient (Wildman–Crippen LogP) is 2.30. The number of rotatable bonds is 6. The zero-order chi connectivity index (χ0) is 13.5.